The summed E-state index contributed by atoms with van der Waals surface area (Å²) in [5.74, 6) is 2.25. The first-order chi connectivity index (χ1) is 13.7. The van der Waals surface area contributed by atoms with Gasteiger partial charge in [-0.05, 0) is 24.1 Å². The van der Waals surface area contributed by atoms with Crippen molar-refractivity contribution in [3.8, 4) is 11.5 Å². The van der Waals surface area contributed by atoms with Gasteiger partial charge < -0.3 is 24.5 Å². The first-order valence-corrected chi connectivity index (χ1v) is 9.24. The zero-order chi connectivity index (χ0) is 21.4. The quantitative estimate of drug-likeness (QED) is 0.512. The molecule has 0 aliphatic carbocycles. The molecule has 0 aliphatic rings. The zero-order valence-electron chi connectivity index (χ0n) is 17.4. The molecule has 2 aromatic rings. The van der Waals surface area contributed by atoms with Gasteiger partial charge in [-0.2, -0.15) is 8.78 Å². The molecule has 0 aliphatic heterocycles. The molecular weight excluding hydrogens is 382 g/mol. The standard InChI is InChI=1S/C20H28F2N4O3/c1-20(2,3)16-11-25-17(29-16)12-26-19(23-4)24-9-8-13-6-7-14(27-5)15(10-13)28-18(21)22/h6-7,10-11,18H,8-9,12H2,1-5H3,(H2,23,24,26). The Bertz CT molecular complexity index is 816. The van der Waals surface area contributed by atoms with Crippen LogP contribution in [-0.2, 0) is 18.4 Å². The Labute approximate surface area is 169 Å². The molecule has 160 valence electrons. The maximum Gasteiger partial charge on any atom is 0.387 e. The molecule has 0 amide bonds. The highest BCUT2D eigenvalue weighted by Crippen LogP contribution is 2.29. The van der Waals surface area contributed by atoms with Crippen molar-refractivity contribution in [2.45, 2.75) is 45.8 Å². The van der Waals surface area contributed by atoms with E-state index in [0.717, 1.165) is 11.3 Å². The van der Waals surface area contributed by atoms with Gasteiger partial charge in [0.15, 0.2) is 17.5 Å². The van der Waals surface area contributed by atoms with E-state index in [2.05, 4.69) is 46.1 Å². The third-order valence-electron chi connectivity index (χ3n) is 4.07. The lowest BCUT2D eigenvalue weighted by molar-refractivity contribution is -0.0512. The van der Waals surface area contributed by atoms with Gasteiger partial charge in [-0.1, -0.05) is 26.8 Å². The molecular formula is C20H28F2N4O3. The number of halogens is 2. The summed E-state index contributed by atoms with van der Waals surface area (Å²) in [5, 5.41) is 6.29. The van der Waals surface area contributed by atoms with Gasteiger partial charge >= 0.3 is 6.61 Å². The summed E-state index contributed by atoms with van der Waals surface area (Å²) in [4.78, 5) is 8.42. The topological polar surface area (TPSA) is 80.9 Å². The largest absolute Gasteiger partial charge is 0.493 e. The minimum absolute atomic E-state index is 0.0149. The fraction of sp³-hybridized carbons (Fsp3) is 0.500. The Morgan fingerprint density at radius 2 is 2.00 bits per heavy atom. The van der Waals surface area contributed by atoms with Gasteiger partial charge in [-0.15, -0.1) is 0 Å². The number of nitrogens with zero attached hydrogens (tertiary/aromatic N) is 2. The minimum Gasteiger partial charge on any atom is -0.493 e. The summed E-state index contributed by atoms with van der Waals surface area (Å²) < 4.78 is 40.4. The summed E-state index contributed by atoms with van der Waals surface area (Å²) in [7, 11) is 3.07. The molecule has 0 radical (unpaired) electrons. The fourth-order valence-corrected chi connectivity index (χ4v) is 2.51. The molecule has 1 heterocycles. The number of oxazole rings is 1. The van der Waals surface area contributed by atoms with Crippen LogP contribution >= 0.6 is 0 Å². The van der Waals surface area contributed by atoms with E-state index in [1.54, 1.807) is 31.4 Å². The van der Waals surface area contributed by atoms with Crippen LogP contribution in [0.1, 0.15) is 38.0 Å². The number of hydrogen-bond donors (Lipinski definition) is 2. The van der Waals surface area contributed by atoms with Gasteiger partial charge in [0.05, 0.1) is 19.9 Å². The van der Waals surface area contributed by atoms with E-state index in [1.807, 2.05) is 0 Å². The highest BCUT2D eigenvalue weighted by Gasteiger charge is 2.19. The Hall–Kier alpha value is -2.84. The van der Waals surface area contributed by atoms with Crippen molar-refractivity contribution in [2.75, 3.05) is 20.7 Å². The van der Waals surface area contributed by atoms with Crippen LogP contribution in [0.2, 0.25) is 0 Å². The molecule has 1 aromatic carbocycles. The lowest BCUT2D eigenvalue weighted by atomic mass is 9.94. The number of aliphatic imine (C=N–C) groups is 1. The SMILES string of the molecule is CN=C(NCCc1ccc(OC)c(OC(F)F)c1)NCc1ncc(C(C)(C)C)o1. The Morgan fingerprint density at radius 3 is 2.59 bits per heavy atom. The van der Waals surface area contributed by atoms with Crippen molar-refractivity contribution >= 4 is 5.96 Å². The molecule has 0 spiro atoms. The van der Waals surface area contributed by atoms with E-state index in [1.165, 1.54) is 7.11 Å². The van der Waals surface area contributed by atoms with Crippen molar-refractivity contribution in [1.29, 1.82) is 0 Å². The number of nitrogens with one attached hydrogen (secondary N) is 2. The molecule has 0 unspecified atom stereocenters. The van der Waals surface area contributed by atoms with Crippen LogP contribution in [0.25, 0.3) is 0 Å². The summed E-state index contributed by atoms with van der Waals surface area (Å²) in [6.45, 7) is 4.20. The first kappa shape index (κ1) is 22.4. The van der Waals surface area contributed by atoms with Crippen molar-refractivity contribution in [3.63, 3.8) is 0 Å². The van der Waals surface area contributed by atoms with Gasteiger partial charge in [-0.3, -0.25) is 4.99 Å². The number of aromatic nitrogens is 1. The molecule has 2 rings (SSSR count). The molecule has 1 aromatic heterocycles. The van der Waals surface area contributed by atoms with Crippen LogP contribution in [-0.4, -0.2) is 38.3 Å². The van der Waals surface area contributed by atoms with E-state index in [-0.39, 0.29) is 16.9 Å². The number of benzene rings is 1. The molecule has 0 atom stereocenters. The van der Waals surface area contributed by atoms with Crippen LogP contribution in [0, 0.1) is 0 Å². The molecule has 0 saturated carbocycles. The monoisotopic (exact) mass is 410 g/mol. The third-order valence-corrected chi connectivity index (χ3v) is 4.07. The number of guanidine groups is 1. The van der Waals surface area contributed by atoms with Crippen molar-refractivity contribution in [1.82, 2.24) is 15.6 Å². The lowest BCUT2D eigenvalue weighted by Crippen LogP contribution is -2.37. The number of hydrogen-bond acceptors (Lipinski definition) is 5. The van der Waals surface area contributed by atoms with E-state index >= 15 is 0 Å². The van der Waals surface area contributed by atoms with Crippen LogP contribution in [0.15, 0.2) is 33.8 Å². The molecule has 9 heteroatoms. The van der Waals surface area contributed by atoms with E-state index in [4.69, 9.17) is 9.15 Å². The molecule has 29 heavy (non-hydrogen) atoms. The third kappa shape index (κ3) is 6.92. The first-order valence-electron chi connectivity index (χ1n) is 9.24. The molecule has 0 saturated heterocycles. The molecule has 0 bridgehead atoms. The summed E-state index contributed by atoms with van der Waals surface area (Å²) in [6, 6.07) is 4.95. The Kier molecular flexibility index (Phi) is 7.81. The van der Waals surface area contributed by atoms with Crippen LogP contribution < -0.4 is 20.1 Å². The number of ether oxygens (including phenoxy) is 2. The van der Waals surface area contributed by atoms with E-state index < -0.39 is 6.61 Å². The van der Waals surface area contributed by atoms with E-state index in [9.17, 15) is 8.78 Å². The van der Waals surface area contributed by atoms with Crippen molar-refractivity contribution in [2.24, 2.45) is 4.99 Å². The second-order valence-corrected chi connectivity index (χ2v) is 7.33. The zero-order valence-corrected chi connectivity index (χ0v) is 17.4. The number of alkyl halides is 2. The normalized spacial score (nSPS) is 12.2. The van der Waals surface area contributed by atoms with Crippen LogP contribution in [0.4, 0.5) is 8.78 Å². The van der Waals surface area contributed by atoms with Gasteiger partial charge in [0.25, 0.3) is 0 Å². The number of methoxy groups -OCH3 is 1. The van der Waals surface area contributed by atoms with Crippen molar-refractivity contribution < 1.29 is 22.7 Å². The summed E-state index contributed by atoms with van der Waals surface area (Å²) >= 11 is 0. The summed E-state index contributed by atoms with van der Waals surface area (Å²) in [5.41, 5.74) is 0.725. The predicted octanol–water partition coefficient (Wildman–Crippen LogP) is 3.49. The van der Waals surface area contributed by atoms with Gasteiger partial charge in [0.1, 0.15) is 5.76 Å². The summed E-state index contributed by atoms with van der Waals surface area (Å²) in [6.07, 6.45) is 2.31. The Morgan fingerprint density at radius 1 is 1.24 bits per heavy atom. The van der Waals surface area contributed by atoms with Crippen LogP contribution in [0.5, 0.6) is 11.5 Å². The number of rotatable bonds is 8. The molecule has 0 fully saturated rings. The Balaban J connectivity index is 1.86. The molecule has 2 N–H and O–H groups in total. The second kappa shape index (κ2) is 10.1. The highest BCUT2D eigenvalue weighted by molar-refractivity contribution is 5.79. The lowest BCUT2D eigenvalue weighted by Gasteiger charge is -2.14. The maximum absolute atomic E-state index is 12.5. The highest BCUT2D eigenvalue weighted by atomic mass is 19.3. The van der Waals surface area contributed by atoms with E-state index in [0.29, 0.717) is 31.4 Å². The van der Waals surface area contributed by atoms with Crippen molar-refractivity contribution in [3.05, 3.63) is 41.6 Å². The average Bonchev–Trinajstić information content (AvgIpc) is 3.14. The predicted molar refractivity (Wildman–Crippen MR) is 107 cm³/mol. The minimum atomic E-state index is -2.91. The fourth-order valence-electron chi connectivity index (χ4n) is 2.51. The average molecular weight is 410 g/mol. The molecule has 7 nitrogen and oxygen atoms in total. The van der Waals surface area contributed by atoms with Crippen LogP contribution in [0.3, 0.4) is 0 Å². The van der Waals surface area contributed by atoms with Gasteiger partial charge in [-0.25, -0.2) is 4.98 Å². The second-order valence-electron chi connectivity index (χ2n) is 7.33. The van der Waals surface area contributed by atoms with Gasteiger partial charge in [0, 0.05) is 19.0 Å². The maximum atomic E-state index is 12.5. The smallest absolute Gasteiger partial charge is 0.387 e. The van der Waals surface area contributed by atoms with Gasteiger partial charge in [0.2, 0.25) is 5.89 Å².